The van der Waals surface area contributed by atoms with Crippen LogP contribution in [0.1, 0.15) is 30.5 Å². The summed E-state index contributed by atoms with van der Waals surface area (Å²) in [6, 6.07) is 28.3. The minimum absolute atomic E-state index is 1.02. The second-order valence-corrected chi connectivity index (χ2v) is 9.27. The molecule has 164 valence electrons. The molecule has 0 saturated carbocycles. The molecule has 2 heterocycles. The van der Waals surface area contributed by atoms with Gasteiger partial charge in [0.05, 0.1) is 11.0 Å². The molecular weight excluding hydrogens is 412 g/mol. The third-order valence-electron chi connectivity index (χ3n) is 7.35. The van der Waals surface area contributed by atoms with E-state index in [1.807, 2.05) is 0 Å². The monoisotopic (exact) mass is 438 g/mol. The van der Waals surface area contributed by atoms with Gasteiger partial charge >= 0.3 is 0 Å². The second kappa shape index (κ2) is 7.78. The summed E-state index contributed by atoms with van der Waals surface area (Å²) < 4.78 is 4.93. The molecule has 0 atom stereocenters. The van der Waals surface area contributed by atoms with Gasteiger partial charge in [-0.15, -0.1) is 0 Å². The highest BCUT2D eigenvalue weighted by Crippen LogP contribution is 2.38. The molecule has 3 aromatic carbocycles. The van der Waals surface area contributed by atoms with Crippen LogP contribution in [0.2, 0.25) is 0 Å². The Balaban J connectivity index is 1.35. The normalized spacial score (nSPS) is 15.4. The molecule has 0 aliphatic heterocycles. The highest BCUT2D eigenvalue weighted by atomic mass is 15.0. The average Bonchev–Trinajstić information content (AvgIpc) is 3.46. The van der Waals surface area contributed by atoms with Crippen molar-refractivity contribution in [2.45, 2.75) is 25.7 Å². The molecule has 0 bridgehead atoms. The van der Waals surface area contributed by atoms with Crippen LogP contribution in [0.5, 0.6) is 0 Å². The van der Waals surface area contributed by atoms with Crippen LogP contribution in [0.3, 0.4) is 0 Å². The number of para-hydroxylation sites is 2. The van der Waals surface area contributed by atoms with Crippen molar-refractivity contribution in [1.29, 1.82) is 0 Å². The van der Waals surface area contributed by atoms with Crippen molar-refractivity contribution in [2.24, 2.45) is 0 Å². The molecule has 2 aromatic heterocycles. The number of hydrogen-bond acceptors (Lipinski definition) is 0. The summed E-state index contributed by atoms with van der Waals surface area (Å²) in [4.78, 5) is 0. The minimum Gasteiger partial charge on any atom is -0.320 e. The fraction of sp³-hybridized carbons (Fsp3) is 0.125. The van der Waals surface area contributed by atoms with Gasteiger partial charge < -0.3 is 9.13 Å². The number of benzene rings is 3. The molecule has 0 fully saturated rings. The van der Waals surface area contributed by atoms with E-state index in [0.29, 0.717) is 0 Å². The van der Waals surface area contributed by atoms with Crippen LogP contribution in [0.4, 0.5) is 0 Å². The largest absolute Gasteiger partial charge is 0.320 e. The lowest BCUT2D eigenvalue weighted by Crippen LogP contribution is -2.08. The molecule has 0 spiro atoms. The second-order valence-electron chi connectivity index (χ2n) is 9.27. The molecule has 2 nitrogen and oxygen atoms in total. The summed E-state index contributed by atoms with van der Waals surface area (Å²) in [7, 11) is 0. The summed E-state index contributed by atoms with van der Waals surface area (Å²) in [6.45, 7) is 0. The van der Waals surface area contributed by atoms with E-state index in [1.54, 1.807) is 0 Å². The fourth-order valence-corrected chi connectivity index (χ4v) is 5.77. The van der Waals surface area contributed by atoms with Crippen molar-refractivity contribution in [3.63, 3.8) is 0 Å². The van der Waals surface area contributed by atoms with Gasteiger partial charge in [0.25, 0.3) is 0 Å². The highest BCUT2D eigenvalue weighted by Gasteiger charge is 2.21. The van der Waals surface area contributed by atoms with Crippen molar-refractivity contribution in [1.82, 2.24) is 9.13 Å². The molecule has 0 unspecified atom stereocenters. The van der Waals surface area contributed by atoms with E-state index in [9.17, 15) is 0 Å². The Labute approximate surface area is 199 Å². The first-order valence-corrected chi connectivity index (χ1v) is 12.2. The van der Waals surface area contributed by atoms with Crippen LogP contribution in [-0.2, 0) is 6.42 Å². The molecule has 7 rings (SSSR count). The summed E-state index contributed by atoms with van der Waals surface area (Å²) >= 11 is 0. The topological polar surface area (TPSA) is 9.86 Å². The molecule has 0 N–H and O–H groups in total. The van der Waals surface area contributed by atoms with Crippen molar-refractivity contribution in [2.75, 3.05) is 0 Å². The predicted molar refractivity (Wildman–Crippen MR) is 144 cm³/mol. The fourth-order valence-electron chi connectivity index (χ4n) is 5.77. The molecule has 2 aliphatic rings. The van der Waals surface area contributed by atoms with E-state index < -0.39 is 0 Å². The van der Waals surface area contributed by atoms with Crippen LogP contribution >= 0.6 is 0 Å². The number of allylic oxidation sites excluding steroid dienone is 5. The van der Waals surface area contributed by atoms with Crippen molar-refractivity contribution in [3.05, 3.63) is 115 Å². The zero-order chi connectivity index (χ0) is 22.5. The van der Waals surface area contributed by atoms with E-state index >= 15 is 0 Å². The van der Waals surface area contributed by atoms with Gasteiger partial charge in [-0.2, -0.15) is 0 Å². The third kappa shape index (κ3) is 2.95. The van der Waals surface area contributed by atoms with Crippen molar-refractivity contribution >= 4 is 39.3 Å². The van der Waals surface area contributed by atoms with Gasteiger partial charge in [-0.25, -0.2) is 0 Å². The van der Waals surface area contributed by atoms with Gasteiger partial charge in [0, 0.05) is 45.2 Å². The molecule has 2 aliphatic carbocycles. The Bertz CT molecular complexity index is 1640. The number of fused-ring (bicyclic) bond motifs is 4. The lowest BCUT2D eigenvalue weighted by molar-refractivity contribution is 0.856. The quantitative estimate of drug-likeness (QED) is 0.268. The molecular formula is C32H26N2. The Hall–Kier alpha value is -4.04. The van der Waals surface area contributed by atoms with Crippen LogP contribution in [0.25, 0.3) is 50.4 Å². The molecule has 0 saturated heterocycles. The summed E-state index contributed by atoms with van der Waals surface area (Å²) in [5.41, 5.74) is 10.8. The van der Waals surface area contributed by atoms with Gasteiger partial charge in [0.2, 0.25) is 0 Å². The first kappa shape index (κ1) is 19.4. The number of nitrogens with zero attached hydrogens (tertiary/aromatic N) is 2. The molecule has 2 heteroatoms. The number of rotatable bonds is 3. The van der Waals surface area contributed by atoms with E-state index in [4.69, 9.17) is 0 Å². The SMILES string of the molecule is C1=Cc2c(n(C3=CC=C(n4cc(-c5ccccc5)c5ccccc54)CC3)c3ccccc23)CC1. The van der Waals surface area contributed by atoms with Crippen LogP contribution in [0.15, 0.2) is 103 Å². The number of aromatic nitrogens is 2. The predicted octanol–water partition coefficient (Wildman–Crippen LogP) is 8.40. The van der Waals surface area contributed by atoms with Crippen LogP contribution < -0.4 is 0 Å². The van der Waals surface area contributed by atoms with Crippen LogP contribution in [0, 0.1) is 0 Å². The molecule has 5 aromatic rings. The van der Waals surface area contributed by atoms with E-state index in [2.05, 4.69) is 118 Å². The van der Waals surface area contributed by atoms with Gasteiger partial charge in [-0.1, -0.05) is 78.9 Å². The lowest BCUT2D eigenvalue weighted by atomic mass is 10.0. The lowest BCUT2D eigenvalue weighted by Gasteiger charge is -2.21. The Morgan fingerprint density at radius 2 is 1.32 bits per heavy atom. The highest BCUT2D eigenvalue weighted by molar-refractivity contribution is 5.98. The maximum Gasteiger partial charge on any atom is 0.0534 e. The van der Waals surface area contributed by atoms with Gasteiger partial charge in [0.1, 0.15) is 0 Å². The van der Waals surface area contributed by atoms with Gasteiger partial charge in [-0.05, 0) is 55.5 Å². The van der Waals surface area contributed by atoms with Crippen LogP contribution in [-0.4, -0.2) is 9.13 Å². The van der Waals surface area contributed by atoms with Gasteiger partial charge in [0.15, 0.2) is 0 Å². The Morgan fingerprint density at radius 1 is 0.618 bits per heavy atom. The van der Waals surface area contributed by atoms with E-state index in [0.717, 1.165) is 25.7 Å². The van der Waals surface area contributed by atoms with Crippen molar-refractivity contribution in [3.8, 4) is 11.1 Å². The first-order valence-electron chi connectivity index (χ1n) is 12.2. The Kier molecular flexibility index (Phi) is 4.44. The smallest absolute Gasteiger partial charge is 0.0534 e. The minimum atomic E-state index is 1.02. The maximum atomic E-state index is 2.53. The zero-order valence-electron chi connectivity index (χ0n) is 19.1. The molecule has 0 amide bonds. The Morgan fingerprint density at radius 3 is 2.15 bits per heavy atom. The number of hydrogen-bond donors (Lipinski definition) is 0. The molecule has 0 radical (unpaired) electrons. The first-order chi connectivity index (χ1) is 16.9. The molecule has 34 heavy (non-hydrogen) atoms. The third-order valence-corrected chi connectivity index (χ3v) is 7.35. The standard InChI is InChI=1S/C32H26N2/c1-2-10-23(11-3-1)29-22-33(30-15-7-4-14-28(29)30)24-18-20-25(21-19-24)34-31-16-8-5-12-26(31)27-13-6-9-17-32(27)34/h1-8,10-16,18,20,22H,9,17,19,21H2. The van der Waals surface area contributed by atoms with Crippen molar-refractivity contribution < 1.29 is 0 Å². The zero-order valence-corrected chi connectivity index (χ0v) is 19.1. The average molecular weight is 439 g/mol. The maximum absolute atomic E-state index is 2.53. The summed E-state index contributed by atoms with van der Waals surface area (Å²) in [6.07, 6.45) is 15.9. The van der Waals surface area contributed by atoms with E-state index in [-0.39, 0.29) is 0 Å². The summed E-state index contributed by atoms with van der Waals surface area (Å²) in [5.74, 6) is 0. The van der Waals surface area contributed by atoms with Gasteiger partial charge in [-0.3, -0.25) is 0 Å². The van der Waals surface area contributed by atoms with E-state index in [1.165, 1.54) is 55.6 Å². The summed E-state index contributed by atoms with van der Waals surface area (Å²) in [5, 5.41) is 2.68.